The van der Waals surface area contributed by atoms with Crippen LogP contribution in [-0.4, -0.2) is 35.2 Å². The lowest BCUT2D eigenvalue weighted by molar-refractivity contribution is -0.137. The Morgan fingerprint density at radius 3 is 2.89 bits per heavy atom. The molecule has 1 aromatic carbocycles. The van der Waals surface area contributed by atoms with Gasteiger partial charge in [0.1, 0.15) is 5.75 Å². The minimum Gasteiger partial charge on any atom is -0.481 e. The summed E-state index contributed by atoms with van der Waals surface area (Å²) in [6, 6.07) is 5.78. The third kappa shape index (κ3) is 3.23. The molecule has 0 spiro atoms. The Balaban J connectivity index is 2.13. The van der Waals surface area contributed by atoms with Gasteiger partial charge in [0.2, 0.25) is 0 Å². The number of aryl methyl sites for hydroxylation is 1. The zero-order valence-corrected chi connectivity index (χ0v) is 11.9. The molecule has 0 unspecified atom stereocenters. The number of ether oxygens (including phenoxy) is 1. The quantitative estimate of drug-likeness (QED) is 0.861. The maximum Gasteiger partial charge on any atom is 0.303 e. The van der Waals surface area contributed by atoms with Crippen molar-refractivity contribution >= 4 is 23.4 Å². The molecule has 1 aromatic rings. The highest BCUT2D eigenvalue weighted by Crippen LogP contribution is 2.37. The second kappa shape index (κ2) is 5.57. The second-order valence-corrected chi connectivity index (χ2v) is 5.31. The Kier molecular flexibility index (Phi) is 4.04. The van der Waals surface area contributed by atoms with E-state index in [1.54, 1.807) is 4.90 Å². The third-order valence-electron chi connectivity index (χ3n) is 3.31. The van der Waals surface area contributed by atoms with Gasteiger partial charge >= 0.3 is 5.97 Å². The van der Waals surface area contributed by atoms with Gasteiger partial charge in [0, 0.05) is 14.1 Å². The molecular formula is C14H17NO3S. The SMILES string of the molecule is CN(C)C(=S)Oc1ccc2c(c1)CC[C@H]2CC(=O)O. The van der Waals surface area contributed by atoms with Crippen LogP contribution in [0.4, 0.5) is 0 Å². The molecule has 19 heavy (non-hydrogen) atoms. The number of benzene rings is 1. The summed E-state index contributed by atoms with van der Waals surface area (Å²) >= 11 is 5.09. The lowest BCUT2D eigenvalue weighted by Crippen LogP contribution is -2.25. The number of carbonyl (C=O) groups is 1. The molecule has 0 aliphatic heterocycles. The van der Waals surface area contributed by atoms with Crippen LogP contribution in [0.25, 0.3) is 0 Å². The number of hydrogen-bond donors (Lipinski definition) is 1. The summed E-state index contributed by atoms with van der Waals surface area (Å²) in [4.78, 5) is 12.5. The van der Waals surface area contributed by atoms with Crippen LogP contribution in [0.15, 0.2) is 18.2 Å². The number of thiocarbonyl (C=S) groups is 1. The van der Waals surface area contributed by atoms with Crippen molar-refractivity contribution in [3.05, 3.63) is 29.3 Å². The lowest BCUT2D eigenvalue weighted by atomic mass is 9.98. The van der Waals surface area contributed by atoms with Crippen LogP contribution >= 0.6 is 12.2 Å². The van der Waals surface area contributed by atoms with Crippen molar-refractivity contribution in [1.29, 1.82) is 0 Å². The molecule has 1 aliphatic carbocycles. The average Bonchev–Trinajstić information content (AvgIpc) is 2.71. The number of aliphatic carboxylic acids is 1. The fourth-order valence-corrected chi connectivity index (χ4v) is 2.46. The molecule has 0 bridgehead atoms. The largest absolute Gasteiger partial charge is 0.481 e. The van der Waals surface area contributed by atoms with Crippen molar-refractivity contribution in [2.75, 3.05) is 14.1 Å². The fourth-order valence-electron chi connectivity index (χ4n) is 2.36. The molecule has 0 heterocycles. The van der Waals surface area contributed by atoms with Crippen molar-refractivity contribution in [2.24, 2.45) is 0 Å². The van der Waals surface area contributed by atoms with E-state index in [-0.39, 0.29) is 12.3 Å². The number of hydrogen-bond acceptors (Lipinski definition) is 3. The first-order chi connectivity index (χ1) is 8.97. The summed E-state index contributed by atoms with van der Waals surface area (Å²) < 4.78 is 5.56. The van der Waals surface area contributed by atoms with Gasteiger partial charge in [0.25, 0.3) is 5.17 Å². The summed E-state index contributed by atoms with van der Waals surface area (Å²) in [5.41, 5.74) is 2.30. The van der Waals surface area contributed by atoms with Crippen LogP contribution in [0.2, 0.25) is 0 Å². The highest BCUT2D eigenvalue weighted by Gasteiger charge is 2.25. The topological polar surface area (TPSA) is 49.8 Å². The molecule has 2 rings (SSSR count). The van der Waals surface area contributed by atoms with E-state index in [1.807, 2.05) is 32.3 Å². The van der Waals surface area contributed by atoms with Crippen LogP contribution in [0.1, 0.15) is 29.9 Å². The third-order valence-corrected chi connectivity index (χ3v) is 3.76. The van der Waals surface area contributed by atoms with E-state index >= 15 is 0 Å². The van der Waals surface area contributed by atoms with Gasteiger partial charge in [0.15, 0.2) is 0 Å². The summed E-state index contributed by atoms with van der Waals surface area (Å²) in [6.07, 6.45) is 1.99. The van der Waals surface area contributed by atoms with E-state index in [9.17, 15) is 4.79 Å². The Hall–Kier alpha value is -1.62. The summed E-state index contributed by atoms with van der Waals surface area (Å²) in [5, 5.41) is 9.30. The zero-order chi connectivity index (χ0) is 14.0. The predicted octanol–water partition coefficient (Wildman–Crippen LogP) is 2.42. The van der Waals surface area contributed by atoms with Crippen molar-refractivity contribution in [3.8, 4) is 5.75 Å². The van der Waals surface area contributed by atoms with Crippen LogP contribution < -0.4 is 4.74 Å². The molecule has 4 nitrogen and oxygen atoms in total. The van der Waals surface area contributed by atoms with Crippen molar-refractivity contribution in [3.63, 3.8) is 0 Å². The maximum absolute atomic E-state index is 10.8. The fraction of sp³-hybridized carbons (Fsp3) is 0.429. The normalized spacial score (nSPS) is 16.8. The smallest absolute Gasteiger partial charge is 0.303 e. The first-order valence-electron chi connectivity index (χ1n) is 6.21. The first kappa shape index (κ1) is 13.8. The van der Waals surface area contributed by atoms with Crippen molar-refractivity contribution < 1.29 is 14.6 Å². The van der Waals surface area contributed by atoms with E-state index in [1.165, 1.54) is 5.56 Å². The Labute approximate surface area is 118 Å². The average molecular weight is 279 g/mol. The molecule has 1 N–H and O–H groups in total. The molecule has 1 aliphatic rings. The van der Waals surface area contributed by atoms with Gasteiger partial charge in [-0.2, -0.15) is 0 Å². The summed E-state index contributed by atoms with van der Waals surface area (Å²) in [5.74, 6) is 0.0998. The van der Waals surface area contributed by atoms with E-state index in [0.29, 0.717) is 10.9 Å². The molecule has 0 saturated carbocycles. The second-order valence-electron chi connectivity index (χ2n) is 4.96. The van der Waals surface area contributed by atoms with E-state index < -0.39 is 5.97 Å². The van der Waals surface area contributed by atoms with E-state index in [2.05, 4.69) is 0 Å². The van der Waals surface area contributed by atoms with Crippen LogP contribution in [-0.2, 0) is 11.2 Å². The number of carboxylic acids is 1. The molecular weight excluding hydrogens is 262 g/mol. The number of fused-ring (bicyclic) bond motifs is 1. The van der Waals surface area contributed by atoms with Crippen molar-refractivity contribution in [2.45, 2.75) is 25.2 Å². The molecule has 0 radical (unpaired) electrons. The molecule has 5 heteroatoms. The Morgan fingerprint density at radius 1 is 1.53 bits per heavy atom. The van der Waals surface area contributed by atoms with Gasteiger partial charge in [-0.05, 0) is 54.2 Å². The highest BCUT2D eigenvalue weighted by atomic mass is 32.1. The minimum atomic E-state index is -0.744. The molecule has 1 atom stereocenters. The van der Waals surface area contributed by atoms with Crippen LogP contribution in [0, 0.1) is 0 Å². The van der Waals surface area contributed by atoms with Gasteiger partial charge in [-0.25, -0.2) is 0 Å². The monoisotopic (exact) mass is 279 g/mol. The number of carboxylic acid groups (broad SMARTS) is 1. The van der Waals surface area contributed by atoms with E-state index in [4.69, 9.17) is 22.1 Å². The van der Waals surface area contributed by atoms with Crippen LogP contribution in [0.3, 0.4) is 0 Å². The highest BCUT2D eigenvalue weighted by molar-refractivity contribution is 7.80. The maximum atomic E-state index is 10.8. The molecule has 0 aromatic heterocycles. The Bertz CT molecular complexity index is 513. The van der Waals surface area contributed by atoms with Gasteiger partial charge < -0.3 is 14.7 Å². The molecule has 102 valence electrons. The molecule has 0 amide bonds. The Morgan fingerprint density at radius 2 is 2.26 bits per heavy atom. The van der Waals surface area contributed by atoms with E-state index in [0.717, 1.165) is 18.4 Å². The van der Waals surface area contributed by atoms with Crippen LogP contribution in [0.5, 0.6) is 5.75 Å². The van der Waals surface area contributed by atoms with Gasteiger partial charge in [-0.1, -0.05) is 6.07 Å². The number of nitrogens with zero attached hydrogens (tertiary/aromatic N) is 1. The molecule has 0 fully saturated rings. The predicted molar refractivity (Wildman–Crippen MR) is 76.7 cm³/mol. The zero-order valence-electron chi connectivity index (χ0n) is 11.0. The van der Waals surface area contributed by atoms with Gasteiger partial charge in [-0.3, -0.25) is 4.79 Å². The first-order valence-corrected chi connectivity index (χ1v) is 6.62. The van der Waals surface area contributed by atoms with Gasteiger partial charge in [0.05, 0.1) is 6.42 Å². The summed E-state index contributed by atoms with van der Waals surface area (Å²) in [7, 11) is 3.66. The minimum absolute atomic E-state index is 0.127. The van der Waals surface area contributed by atoms with Gasteiger partial charge in [-0.15, -0.1) is 0 Å². The standard InChI is InChI=1S/C14H17NO3S/c1-15(2)14(19)18-11-5-6-12-9(7-11)3-4-10(12)8-13(16)17/h5-7,10H,3-4,8H2,1-2H3,(H,16,17)/t10-/m0/s1. The van der Waals surface area contributed by atoms with Crippen molar-refractivity contribution in [1.82, 2.24) is 4.90 Å². The number of rotatable bonds is 3. The lowest BCUT2D eigenvalue weighted by Gasteiger charge is -2.15. The molecule has 0 saturated heterocycles. The summed E-state index contributed by atoms with van der Waals surface area (Å²) in [6.45, 7) is 0.